The molecule has 1 aliphatic carbocycles. The highest BCUT2D eigenvalue weighted by Gasteiger charge is 2.21. The lowest BCUT2D eigenvalue weighted by molar-refractivity contribution is -0.119. The minimum atomic E-state index is 0.0619. The number of anilines is 1. The molecule has 1 saturated carbocycles. The molecule has 0 atom stereocenters. The van der Waals surface area contributed by atoms with Gasteiger partial charge in [0, 0.05) is 16.7 Å². The van der Waals surface area contributed by atoms with Gasteiger partial charge in [-0.1, -0.05) is 22.0 Å². The van der Waals surface area contributed by atoms with Crippen molar-refractivity contribution in [2.45, 2.75) is 12.8 Å². The SMILES string of the molecule is O=C(CNc1cccc(Br)c1)NCC1CC1. The molecule has 1 amide bonds. The normalized spacial score (nSPS) is 14.6. The zero-order chi connectivity index (χ0) is 11.4. The van der Waals surface area contributed by atoms with Gasteiger partial charge in [-0.25, -0.2) is 0 Å². The Hall–Kier alpha value is -1.03. The van der Waals surface area contributed by atoms with E-state index in [9.17, 15) is 4.79 Å². The minimum Gasteiger partial charge on any atom is -0.376 e. The van der Waals surface area contributed by atoms with Crippen molar-refractivity contribution in [2.24, 2.45) is 5.92 Å². The molecule has 4 heteroatoms. The van der Waals surface area contributed by atoms with Crippen molar-refractivity contribution < 1.29 is 4.79 Å². The van der Waals surface area contributed by atoms with Gasteiger partial charge in [0.1, 0.15) is 0 Å². The van der Waals surface area contributed by atoms with Gasteiger partial charge in [0.2, 0.25) is 5.91 Å². The van der Waals surface area contributed by atoms with Crippen LogP contribution in [0.2, 0.25) is 0 Å². The van der Waals surface area contributed by atoms with E-state index in [4.69, 9.17) is 0 Å². The number of rotatable bonds is 5. The number of amides is 1. The van der Waals surface area contributed by atoms with Crippen LogP contribution in [0, 0.1) is 5.92 Å². The summed E-state index contributed by atoms with van der Waals surface area (Å²) in [6, 6.07) is 7.79. The average molecular weight is 283 g/mol. The lowest BCUT2D eigenvalue weighted by Crippen LogP contribution is -2.31. The second-order valence-corrected chi connectivity index (χ2v) is 5.03. The Morgan fingerprint density at radius 2 is 2.25 bits per heavy atom. The van der Waals surface area contributed by atoms with E-state index in [1.165, 1.54) is 12.8 Å². The summed E-state index contributed by atoms with van der Waals surface area (Å²) < 4.78 is 1.01. The third-order valence-electron chi connectivity index (χ3n) is 2.56. The lowest BCUT2D eigenvalue weighted by Gasteiger charge is -2.07. The maximum absolute atomic E-state index is 11.4. The maximum Gasteiger partial charge on any atom is 0.239 e. The number of benzene rings is 1. The highest BCUT2D eigenvalue weighted by Crippen LogP contribution is 2.27. The molecule has 2 N–H and O–H groups in total. The second-order valence-electron chi connectivity index (χ2n) is 4.11. The molecule has 86 valence electrons. The molecule has 0 aliphatic heterocycles. The predicted octanol–water partition coefficient (Wildman–Crippen LogP) is 2.39. The molecule has 1 fully saturated rings. The topological polar surface area (TPSA) is 41.1 Å². The number of hydrogen-bond donors (Lipinski definition) is 2. The van der Waals surface area contributed by atoms with Gasteiger partial charge < -0.3 is 10.6 Å². The van der Waals surface area contributed by atoms with Crippen molar-refractivity contribution in [1.82, 2.24) is 5.32 Å². The molecule has 0 spiro atoms. The quantitative estimate of drug-likeness (QED) is 0.871. The summed E-state index contributed by atoms with van der Waals surface area (Å²) in [6.07, 6.45) is 2.53. The summed E-state index contributed by atoms with van der Waals surface area (Å²) in [6.45, 7) is 1.17. The average Bonchev–Trinajstić information content (AvgIpc) is 3.07. The van der Waals surface area contributed by atoms with Crippen LogP contribution in [0.3, 0.4) is 0 Å². The summed E-state index contributed by atoms with van der Waals surface area (Å²) in [4.78, 5) is 11.4. The summed E-state index contributed by atoms with van der Waals surface area (Å²) in [7, 11) is 0. The van der Waals surface area contributed by atoms with Crippen LogP contribution in [0.15, 0.2) is 28.7 Å². The highest BCUT2D eigenvalue weighted by atomic mass is 79.9. The van der Waals surface area contributed by atoms with E-state index < -0.39 is 0 Å². The van der Waals surface area contributed by atoms with Crippen LogP contribution in [0.4, 0.5) is 5.69 Å². The van der Waals surface area contributed by atoms with E-state index in [1.54, 1.807) is 0 Å². The molecule has 0 bridgehead atoms. The first-order valence-corrected chi connectivity index (χ1v) is 6.29. The van der Waals surface area contributed by atoms with Crippen LogP contribution in [-0.2, 0) is 4.79 Å². The molecule has 16 heavy (non-hydrogen) atoms. The van der Waals surface area contributed by atoms with Gasteiger partial charge in [-0.05, 0) is 37.0 Å². The Morgan fingerprint density at radius 1 is 1.44 bits per heavy atom. The third kappa shape index (κ3) is 3.85. The Kier molecular flexibility index (Phi) is 3.83. The number of halogens is 1. The van der Waals surface area contributed by atoms with Crippen molar-refractivity contribution in [3.05, 3.63) is 28.7 Å². The first-order chi connectivity index (χ1) is 7.74. The van der Waals surface area contributed by atoms with Crippen LogP contribution in [0.1, 0.15) is 12.8 Å². The predicted molar refractivity (Wildman–Crippen MR) is 68.4 cm³/mol. The van der Waals surface area contributed by atoms with E-state index in [0.29, 0.717) is 6.54 Å². The van der Waals surface area contributed by atoms with Gasteiger partial charge in [-0.2, -0.15) is 0 Å². The van der Waals surface area contributed by atoms with Crippen molar-refractivity contribution in [3.8, 4) is 0 Å². The Bertz CT molecular complexity index is 377. The highest BCUT2D eigenvalue weighted by molar-refractivity contribution is 9.10. The fraction of sp³-hybridized carbons (Fsp3) is 0.417. The molecule has 0 saturated heterocycles. The molecule has 1 aromatic carbocycles. The number of nitrogens with one attached hydrogen (secondary N) is 2. The van der Waals surface area contributed by atoms with Crippen molar-refractivity contribution in [1.29, 1.82) is 0 Å². The van der Waals surface area contributed by atoms with Crippen LogP contribution >= 0.6 is 15.9 Å². The molecule has 1 aliphatic rings. The largest absolute Gasteiger partial charge is 0.376 e. The van der Waals surface area contributed by atoms with E-state index in [-0.39, 0.29) is 5.91 Å². The van der Waals surface area contributed by atoms with Gasteiger partial charge in [0.05, 0.1) is 6.54 Å². The summed E-state index contributed by atoms with van der Waals surface area (Å²) in [5, 5.41) is 6.00. The Balaban J connectivity index is 1.71. The smallest absolute Gasteiger partial charge is 0.239 e. The van der Waals surface area contributed by atoms with Gasteiger partial charge in [0.15, 0.2) is 0 Å². The van der Waals surface area contributed by atoms with Crippen LogP contribution in [-0.4, -0.2) is 19.0 Å². The van der Waals surface area contributed by atoms with Crippen molar-refractivity contribution in [2.75, 3.05) is 18.4 Å². The number of carbonyl (C=O) groups excluding carboxylic acids is 1. The zero-order valence-corrected chi connectivity index (χ0v) is 10.6. The van der Waals surface area contributed by atoms with E-state index in [2.05, 4.69) is 26.6 Å². The Morgan fingerprint density at radius 3 is 2.94 bits per heavy atom. The fourth-order valence-electron chi connectivity index (χ4n) is 1.42. The standard InChI is InChI=1S/C12H15BrN2O/c13-10-2-1-3-11(6-10)14-8-12(16)15-7-9-4-5-9/h1-3,6,9,14H,4-5,7-8H2,(H,15,16). The molecule has 2 rings (SSSR count). The monoisotopic (exact) mass is 282 g/mol. The molecular formula is C12H15BrN2O. The van der Waals surface area contributed by atoms with Crippen molar-refractivity contribution >= 4 is 27.5 Å². The minimum absolute atomic E-state index is 0.0619. The molecule has 1 aromatic rings. The molecule has 0 unspecified atom stereocenters. The zero-order valence-electron chi connectivity index (χ0n) is 9.00. The third-order valence-corrected chi connectivity index (χ3v) is 3.06. The lowest BCUT2D eigenvalue weighted by atomic mass is 10.3. The molecule has 0 radical (unpaired) electrons. The Labute approximate surface area is 104 Å². The first-order valence-electron chi connectivity index (χ1n) is 5.50. The summed E-state index contributed by atoms with van der Waals surface area (Å²) in [5.41, 5.74) is 0.955. The van der Waals surface area contributed by atoms with E-state index >= 15 is 0 Å². The molecule has 0 heterocycles. The van der Waals surface area contributed by atoms with Gasteiger partial charge >= 0.3 is 0 Å². The molecule has 3 nitrogen and oxygen atoms in total. The van der Waals surface area contributed by atoms with Gasteiger partial charge in [-0.3, -0.25) is 4.79 Å². The first kappa shape index (κ1) is 11.5. The van der Waals surface area contributed by atoms with Crippen LogP contribution < -0.4 is 10.6 Å². The van der Waals surface area contributed by atoms with E-state index in [0.717, 1.165) is 22.6 Å². The number of hydrogen-bond acceptors (Lipinski definition) is 2. The summed E-state index contributed by atoms with van der Waals surface area (Å²) >= 11 is 3.39. The van der Waals surface area contributed by atoms with E-state index in [1.807, 2.05) is 24.3 Å². The van der Waals surface area contributed by atoms with Crippen molar-refractivity contribution in [3.63, 3.8) is 0 Å². The maximum atomic E-state index is 11.4. The summed E-state index contributed by atoms with van der Waals surface area (Å²) in [5.74, 6) is 0.793. The number of carbonyl (C=O) groups is 1. The molecule has 0 aromatic heterocycles. The second kappa shape index (κ2) is 5.34. The van der Waals surface area contributed by atoms with Crippen LogP contribution in [0.5, 0.6) is 0 Å². The van der Waals surface area contributed by atoms with Crippen LogP contribution in [0.25, 0.3) is 0 Å². The molecular weight excluding hydrogens is 268 g/mol. The van der Waals surface area contributed by atoms with Gasteiger partial charge in [-0.15, -0.1) is 0 Å². The van der Waals surface area contributed by atoms with Gasteiger partial charge in [0.25, 0.3) is 0 Å². The fourth-order valence-corrected chi connectivity index (χ4v) is 1.82.